The lowest BCUT2D eigenvalue weighted by Gasteiger charge is -2.30. The first-order valence-electron chi connectivity index (χ1n) is 6.66. The fraction of sp³-hybridized carbons (Fsp3) is 0.600. The van der Waals surface area contributed by atoms with Gasteiger partial charge in [-0.25, -0.2) is 8.78 Å². The highest BCUT2D eigenvalue weighted by molar-refractivity contribution is 5.21. The summed E-state index contributed by atoms with van der Waals surface area (Å²) in [5, 5.41) is 3.29. The van der Waals surface area contributed by atoms with E-state index in [4.69, 9.17) is 0 Å². The number of nitrogens with one attached hydrogen (secondary N) is 1. The highest BCUT2D eigenvalue weighted by Gasteiger charge is 2.26. The summed E-state index contributed by atoms with van der Waals surface area (Å²) in [6, 6.07) is 4.08. The molecule has 1 rings (SSSR count). The third-order valence-electron chi connectivity index (χ3n) is 3.32. The maximum Gasteiger partial charge on any atom is 0.129 e. The van der Waals surface area contributed by atoms with Crippen LogP contribution in [0.3, 0.4) is 0 Å². The quantitative estimate of drug-likeness (QED) is 0.778. The van der Waals surface area contributed by atoms with E-state index in [1.54, 1.807) is 0 Å². The van der Waals surface area contributed by atoms with Gasteiger partial charge in [-0.2, -0.15) is 0 Å². The van der Waals surface area contributed by atoms with Gasteiger partial charge in [0.1, 0.15) is 11.6 Å². The predicted octanol–water partition coefficient (Wildman–Crippen LogP) is 3.92. The average Bonchev–Trinajstić information content (AvgIpc) is 2.32. The second-order valence-electron chi connectivity index (χ2n) is 5.22. The Hall–Kier alpha value is -0.960. The van der Waals surface area contributed by atoms with Gasteiger partial charge in [-0.3, -0.25) is 0 Å². The van der Waals surface area contributed by atoms with E-state index in [1.165, 1.54) is 18.2 Å². The van der Waals surface area contributed by atoms with Crippen LogP contribution in [0.2, 0.25) is 0 Å². The Labute approximate surface area is 109 Å². The molecule has 0 bridgehead atoms. The van der Waals surface area contributed by atoms with Crippen molar-refractivity contribution in [2.24, 2.45) is 5.41 Å². The molecule has 0 heterocycles. The molecule has 1 N–H and O–H groups in total. The zero-order valence-electron chi connectivity index (χ0n) is 11.5. The van der Waals surface area contributed by atoms with Crippen molar-refractivity contribution in [3.8, 4) is 0 Å². The molecule has 0 aliphatic heterocycles. The van der Waals surface area contributed by atoms with Crippen molar-refractivity contribution in [1.29, 1.82) is 0 Å². The zero-order valence-corrected chi connectivity index (χ0v) is 11.5. The molecule has 0 aliphatic carbocycles. The number of hydrogen-bond acceptors (Lipinski definition) is 1. The van der Waals surface area contributed by atoms with E-state index in [9.17, 15) is 8.78 Å². The van der Waals surface area contributed by atoms with Crippen LogP contribution < -0.4 is 5.32 Å². The summed E-state index contributed by atoms with van der Waals surface area (Å²) >= 11 is 0. The van der Waals surface area contributed by atoms with Crippen LogP contribution in [0.5, 0.6) is 0 Å². The van der Waals surface area contributed by atoms with Gasteiger partial charge in [0.15, 0.2) is 0 Å². The Morgan fingerprint density at radius 1 is 1.17 bits per heavy atom. The Morgan fingerprint density at radius 3 is 2.28 bits per heavy atom. The number of benzene rings is 1. The summed E-state index contributed by atoms with van der Waals surface area (Å²) in [7, 11) is 0. The second-order valence-corrected chi connectivity index (χ2v) is 5.22. The molecule has 0 saturated carbocycles. The zero-order chi connectivity index (χ0) is 13.6. The van der Waals surface area contributed by atoms with Crippen molar-refractivity contribution in [3.05, 3.63) is 35.4 Å². The van der Waals surface area contributed by atoms with Gasteiger partial charge in [0.2, 0.25) is 0 Å². The first-order chi connectivity index (χ1) is 8.52. The molecule has 0 fully saturated rings. The fourth-order valence-corrected chi connectivity index (χ4v) is 2.40. The molecule has 0 radical (unpaired) electrons. The largest absolute Gasteiger partial charge is 0.316 e. The van der Waals surface area contributed by atoms with Crippen LogP contribution in [0.15, 0.2) is 18.2 Å². The standard InChI is InChI=1S/C15H23F2N/c1-4-9-15(3,11-18-5-2)10-12-13(16)7-6-8-14(12)17/h6-8,18H,4-5,9-11H2,1-3H3. The van der Waals surface area contributed by atoms with Crippen LogP contribution in [-0.2, 0) is 6.42 Å². The van der Waals surface area contributed by atoms with E-state index < -0.39 is 11.6 Å². The van der Waals surface area contributed by atoms with Gasteiger partial charge >= 0.3 is 0 Å². The van der Waals surface area contributed by atoms with Gasteiger partial charge in [-0.1, -0.05) is 33.3 Å². The molecular weight excluding hydrogens is 232 g/mol. The molecule has 1 nitrogen and oxygen atoms in total. The number of hydrogen-bond donors (Lipinski definition) is 1. The maximum absolute atomic E-state index is 13.7. The van der Waals surface area contributed by atoms with Crippen LogP contribution >= 0.6 is 0 Å². The molecule has 0 aliphatic rings. The van der Waals surface area contributed by atoms with E-state index in [0.29, 0.717) is 6.42 Å². The summed E-state index contributed by atoms with van der Waals surface area (Å²) in [6.07, 6.45) is 2.40. The molecule has 0 amide bonds. The topological polar surface area (TPSA) is 12.0 Å². The van der Waals surface area contributed by atoms with Gasteiger partial charge in [0.25, 0.3) is 0 Å². The Morgan fingerprint density at radius 2 is 1.78 bits per heavy atom. The highest BCUT2D eigenvalue weighted by atomic mass is 19.1. The SMILES string of the molecule is CCCC(C)(CNCC)Cc1c(F)cccc1F. The monoisotopic (exact) mass is 255 g/mol. The van der Waals surface area contributed by atoms with E-state index in [0.717, 1.165) is 25.9 Å². The molecule has 1 aromatic rings. The summed E-state index contributed by atoms with van der Waals surface area (Å²) in [5.41, 5.74) is 0.111. The van der Waals surface area contributed by atoms with Gasteiger partial charge in [0, 0.05) is 12.1 Å². The Balaban J connectivity index is 2.88. The van der Waals surface area contributed by atoms with Gasteiger partial charge in [-0.15, -0.1) is 0 Å². The number of rotatable bonds is 7. The smallest absolute Gasteiger partial charge is 0.129 e. The number of halogens is 2. The lowest BCUT2D eigenvalue weighted by Crippen LogP contribution is -2.34. The minimum atomic E-state index is -0.436. The van der Waals surface area contributed by atoms with Crippen LogP contribution in [-0.4, -0.2) is 13.1 Å². The third kappa shape index (κ3) is 4.05. The molecule has 1 aromatic carbocycles. The van der Waals surface area contributed by atoms with Crippen molar-refractivity contribution in [2.45, 2.75) is 40.0 Å². The fourth-order valence-electron chi connectivity index (χ4n) is 2.40. The van der Waals surface area contributed by atoms with Crippen molar-refractivity contribution < 1.29 is 8.78 Å². The van der Waals surface area contributed by atoms with Crippen LogP contribution in [0.4, 0.5) is 8.78 Å². The first-order valence-corrected chi connectivity index (χ1v) is 6.66. The van der Waals surface area contributed by atoms with Gasteiger partial charge in [0.05, 0.1) is 0 Å². The summed E-state index contributed by atoms with van der Waals surface area (Å²) < 4.78 is 27.4. The third-order valence-corrected chi connectivity index (χ3v) is 3.32. The second kappa shape index (κ2) is 6.83. The van der Waals surface area contributed by atoms with Crippen molar-refractivity contribution in [3.63, 3.8) is 0 Å². The Bertz CT molecular complexity index is 359. The summed E-state index contributed by atoms with van der Waals surface area (Å²) in [6.45, 7) is 7.88. The van der Waals surface area contributed by atoms with Crippen LogP contribution in [0, 0.1) is 17.0 Å². The normalized spacial score (nSPS) is 14.5. The van der Waals surface area contributed by atoms with Gasteiger partial charge in [-0.05, 0) is 36.9 Å². The molecule has 1 atom stereocenters. The van der Waals surface area contributed by atoms with E-state index in [1.807, 2.05) is 6.92 Å². The van der Waals surface area contributed by atoms with E-state index >= 15 is 0 Å². The maximum atomic E-state index is 13.7. The van der Waals surface area contributed by atoms with Crippen molar-refractivity contribution in [2.75, 3.05) is 13.1 Å². The minimum absolute atomic E-state index is 0.103. The summed E-state index contributed by atoms with van der Waals surface area (Å²) in [4.78, 5) is 0. The van der Waals surface area contributed by atoms with Gasteiger partial charge < -0.3 is 5.32 Å². The lowest BCUT2D eigenvalue weighted by molar-refractivity contribution is 0.270. The molecule has 0 aromatic heterocycles. The molecule has 3 heteroatoms. The molecule has 1 unspecified atom stereocenters. The van der Waals surface area contributed by atoms with E-state index in [-0.39, 0.29) is 11.0 Å². The minimum Gasteiger partial charge on any atom is -0.316 e. The lowest BCUT2D eigenvalue weighted by atomic mass is 9.79. The van der Waals surface area contributed by atoms with Crippen LogP contribution in [0.25, 0.3) is 0 Å². The Kier molecular flexibility index (Phi) is 5.73. The average molecular weight is 255 g/mol. The molecule has 102 valence electrons. The molecular formula is C15H23F2N. The highest BCUT2D eigenvalue weighted by Crippen LogP contribution is 2.29. The van der Waals surface area contributed by atoms with Crippen molar-refractivity contribution >= 4 is 0 Å². The first kappa shape index (κ1) is 15.1. The van der Waals surface area contributed by atoms with Crippen molar-refractivity contribution in [1.82, 2.24) is 5.32 Å². The molecule has 0 saturated heterocycles. The molecule has 18 heavy (non-hydrogen) atoms. The summed E-state index contributed by atoms with van der Waals surface area (Å²) in [5.74, 6) is -0.873. The molecule has 0 spiro atoms. The van der Waals surface area contributed by atoms with E-state index in [2.05, 4.69) is 19.2 Å². The predicted molar refractivity (Wildman–Crippen MR) is 71.6 cm³/mol. The van der Waals surface area contributed by atoms with Crippen LogP contribution in [0.1, 0.15) is 39.2 Å².